The fraction of sp³-hybridized carbons (Fsp3) is 1.00. The lowest BCUT2D eigenvalue weighted by molar-refractivity contribution is -0.136. The van der Waals surface area contributed by atoms with Crippen molar-refractivity contribution >= 4 is 0 Å². The molecule has 80 valence electrons. The molecule has 6 heteroatoms. The van der Waals surface area contributed by atoms with Crippen molar-refractivity contribution in [2.75, 3.05) is 13.7 Å². The van der Waals surface area contributed by atoms with Gasteiger partial charge in [-0.05, 0) is 12.8 Å². The summed E-state index contributed by atoms with van der Waals surface area (Å²) >= 11 is 0. The minimum absolute atomic E-state index is 0.0712. The van der Waals surface area contributed by atoms with Crippen LogP contribution < -0.4 is 11.3 Å². The molecular weight excluding hydrogens is 185 g/mol. The Morgan fingerprint density at radius 2 is 2.08 bits per heavy atom. The Kier molecular flexibility index (Phi) is 6.02. The first-order chi connectivity index (χ1) is 5.99. The molecule has 0 amide bonds. The number of nitrogens with one attached hydrogen (secondary N) is 1. The summed E-state index contributed by atoms with van der Waals surface area (Å²) in [4.78, 5) is 0. The average molecular weight is 200 g/mol. The number of hydrogen-bond acceptors (Lipinski definition) is 3. The fourth-order valence-corrected chi connectivity index (χ4v) is 0.965. The summed E-state index contributed by atoms with van der Waals surface area (Å²) in [6, 6.07) is -0.202. The van der Waals surface area contributed by atoms with E-state index in [0.29, 0.717) is 13.0 Å². The summed E-state index contributed by atoms with van der Waals surface area (Å²) in [6.45, 7) is 0.328. The average Bonchev–Trinajstić information content (AvgIpc) is 2.01. The van der Waals surface area contributed by atoms with Crippen LogP contribution in [-0.2, 0) is 4.74 Å². The normalized spacial score (nSPS) is 14.5. The lowest BCUT2D eigenvalue weighted by Crippen LogP contribution is -2.38. The van der Waals surface area contributed by atoms with Gasteiger partial charge in [-0.1, -0.05) is 0 Å². The van der Waals surface area contributed by atoms with Crippen LogP contribution in [0.25, 0.3) is 0 Å². The van der Waals surface area contributed by atoms with Gasteiger partial charge in [-0.3, -0.25) is 11.3 Å². The molecule has 1 atom stereocenters. The van der Waals surface area contributed by atoms with Gasteiger partial charge in [0, 0.05) is 19.6 Å². The predicted octanol–water partition coefficient (Wildman–Crippen LogP) is 1.20. The van der Waals surface area contributed by atoms with Crippen LogP contribution in [0.5, 0.6) is 0 Å². The van der Waals surface area contributed by atoms with E-state index in [2.05, 4.69) is 5.43 Å². The van der Waals surface area contributed by atoms with Crippen molar-refractivity contribution in [1.29, 1.82) is 0 Å². The molecule has 13 heavy (non-hydrogen) atoms. The Morgan fingerprint density at radius 3 is 2.46 bits per heavy atom. The highest BCUT2D eigenvalue weighted by Gasteiger charge is 2.26. The number of methoxy groups -OCH3 is 1. The van der Waals surface area contributed by atoms with Crippen LogP contribution in [0.3, 0.4) is 0 Å². The van der Waals surface area contributed by atoms with Gasteiger partial charge < -0.3 is 4.74 Å². The predicted molar refractivity (Wildman–Crippen MR) is 42.9 cm³/mol. The van der Waals surface area contributed by atoms with E-state index in [9.17, 15) is 13.2 Å². The number of hydrogen-bond donors (Lipinski definition) is 2. The van der Waals surface area contributed by atoms with Gasteiger partial charge in [-0.2, -0.15) is 13.2 Å². The van der Waals surface area contributed by atoms with Gasteiger partial charge >= 0.3 is 6.18 Å². The molecule has 3 N–H and O–H groups in total. The number of alkyl halides is 3. The van der Waals surface area contributed by atoms with E-state index in [-0.39, 0.29) is 12.5 Å². The molecule has 0 aromatic carbocycles. The molecule has 0 aliphatic rings. The van der Waals surface area contributed by atoms with E-state index in [1.165, 1.54) is 7.11 Å². The monoisotopic (exact) mass is 200 g/mol. The summed E-state index contributed by atoms with van der Waals surface area (Å²) in [7, 11) is 1.48. The van der Waals surface area contributed by atoms with Crippen molar-refractivity contribution < 1.29 is 17.9 Å². The van der Waals surface area contributed by atoms with Gasteiger partial charge in [-0.25, -0.2) is 0 Å². The SMILES string of the molecule is COCC(CCCC(F)(F)F)NN. The van der Waals surface area contributed by atoms with E-state index >= 15 is 0 Å². The minimum atomic E-state index is -4.08. The van der Waals surface area contributed by atoms with Crippen LogP contribution in [0.15, 0.2) is 0 Å². The third-order valence-electron chi connectivity index (χ3n) is 1.62. The molecule has 3 nitrogen and oxygen atoms in total. The molecule has 0 saturated heterocycles. The number of rotatable bonds is 6. The highest BCUT2D eigenvalue weighted by atomic mass is 19.4. The van der Waals surface area contributed by atoms with Crippen molar-refractivity contribution in [2.24, 2.45) is 5.84 Å². The standard InChI is InChI=1S/C7H15F3N2O/c1-13-5-6(12-11)3-2-4-7(8,9)10/h6,12H,2-5,11H2,1H3. The third-order valence-corrected chi connectivity index (χ3v) is 1.62. The van der Waals surface area contributed by atoms with Crippen molar-refractivity contribution in [3.05, 3.63) is 0 Å². The van der Waals surface area contributed by atoms with Crippen molar-refractivity contribution in [3.63, 3.8) is 0 Å². The van der Waals surface area contributed by atoms with Gasteiger partial charge in [0.25, 0.3) is 0 Å². The van der Waals surface area contributed by atoms with Gasteiger partial charge in [0.05, 0.1) is 6.61 Å². The quantitative estimate of drug-likeness (QED) is 0.500. The summed E-state index contributed by atoms with van der Waals surface area (Å²) in [5, 5.41) is 0. The van der Waals surface area contributed by atoms with Gasteiger partial charge in [-0.15, -0.1) is 0 Å². The summed E-state index contributed by atoms with van der Waals surface area (Å²) in [6.07, 6.45) is -4.41. The summed E-state index contributed by atoms with van der Waals surface area (Å²) in [5.74, 6) is 5.10. The second-order valence-electron chi connectivity index (χ2n) is 2.83. The van der Waals surface area contributed by atoms with E-state index in [4.69, 9.17) is 10.6 Å². The topological polar surface area (TPSA) is 47.3 Å². The molecular formula is C7H15F3N2O. The van der Waals surface area contributed by atoms with E-state index < -0.39 is 12.6 Å². The maximum Gasteiger partial charge on any atom is 0.389 e. The molecule has 0 bridgehead atoms. The van der Waals surface area contributed by atoms with Gasteiger partial charge in [0.15, 0.2) is 0 Å². The van der Waals surface area contributed by atoms with E-state index in [1.807, 2.05) is 0 Å². The fourth-order valence-electron chi connectivity index (χ4n) is 0.965. The maximum absolute atomic E-state index is 11.7. The Hall–Kier alpha value is -0.330. The molecule has 0 aromatic rings. The zero-order valence-corrected chi connectivity index (χ0v) is 7.53. The lowest BCUT2D eigenvalue weighted by atomic mass is 10.1. The van der Waals surface area contributed by atoms with Crippen molar-refractivity contribution in [3.8, 4) is 0 Å². The largest absolute Gasteiger partial charge is 0.389 e. The van der Waals surface area contributed by atoms with Crippen molar-refractivity contribution in [2.45, 2.75) is 31.5 Å². The van der Waals surface area contributed by atoms with E-state index in [0.717, 1.165) is 0 Å². The molecule has 1 unspecified atom stereocenters. The molecule has 0 aliphatic heterocycles. The number of ether oxygens (including phenoxy) is 1. The van der Waals surface area contributed by atoms with Crippen LogP contribution in [0.1, 0.15) is 19.3 Å². The second kappa shape index (κ2) is 6.17. The third kappa shape index (κ3) is 8.01. The Bertz CT molecular complexity index is 129. The lowest BCUT2D eigenvalue weighted by Gasteiger charge is -2.14. The molecule has 0 fully saturated rings. The first kappa shape index (κ1) is 12.7. The van der Waals surface area contributed by atoms with E-state index in [1.54, 1.807) is 0 Å². The highest BCUT2D eigenvalue weighted by Crippen LogP contribution is 2.22. The van der Waals surface area contributed by atoms with Gasteiger partial charge in [0.1, 0.15) is 0 Å². The molecule has 0 aliphatic carbocycles. The van der Waals surface area contributed by atoms with Crippen LogP contribution in [0.4, 0.5) is 13.2 Å². The zero-order valence-electron chi connectivity index (χ0n) is 7.53. The zero-order chi connectivity index (χ0) is 10.3. The Morgan fingerprint density at radius 1 is 1.46 bits per heavy atom. The molecule has 0 saturated carbocycles. The van der Waals surface area contributed by atoms with Crippen LogP contribution >= 0.6 is 0 Å². The van der Waals surface area contributed by atoms with Gasteiger partial charge in [0.2, 0.25) is 0 Å². The molecule has 0 heterocycles. The van der Waals surface area contributed by atoms with Crippen LogP contribution in [0.2, 0.25) is 0 Å². The molecule has 0 aromatic heterocycles. The maximum atomic E-state index is 11.7. The minimum Gasteiger partial charge on any atom is -0.383 e. The first-order valence-electron chi connectivity index (χ1n) is 4.01. The number of hydrazine groups is 1. The molecule has 0 radical (unpaired) electrons. The Balaban J connectivity index is 3.49. The second-order valence-corrected chi connectivity index (χ2v) is 2.83. The molecule has 0 rings (SSSR count). The highest BCUT2D eigenvalue weighted by molar-refractivity contribution is 4.63. The smallest absolute Gasteiger partial charge is 0.383 e. The van der Waals surface area contributed by atoms with Crippen LogP contribution in [0, 0.1) is 0 Å². The van der Waals surface area contributed by atoms with Crippen molar-refractivity contribution in [1.82, 2.24) is 5.43 Å². The number of halogens is 3. The van der Waals surface area contributed by atoms with Crippen LogP contribution in [-0.4, -0.2) is 25.9 Å². The number of nitrogens with two attached hydrogens (primary N) is 1. The summed E-state index contributed by atoms with van der Waals surface area (Å²) < 4.78 is 39.9. The Labute approximate surface area is 75.4 Å². The summed E-state index contributed by atoms with van der Waals surface area (Å²) in [5.41, 5.74) is 2.40. The first-order valence-corrected chi connectivity index (χ1v) is 4.01. The molecule has 0 spiro atoms.